The summed E-state index contributed by atoms with van der Waals surface area (Å²) in [6.07, 6.45) is 1.62. The summed E-state index contributed by atoms with van der Waals surface area (Å²) in [6.45, 7) is 5.31. The Labute approximate surface area is 115 Å². The van der Waals surface area contributed by atoms with Gasteiger partial charge in [0.25, 0.3) is 0 Å². The van der Waals surface area contributed by atoms with Crippen LogP contribution in [0.2, 0.25) is 0 Å². The maximum absolute atomic E-state index is 11.9. The largest absolute Gasteiger partial charge is 0.459 e. The van der Waals surface area contributed by atoms with Gasteiger partial charge >= 0.3 is 5.97 Å². The molecule has 0 aliphatic carbocycles. The number of nitrogens with two attached hydrogens (primary N) is 1. The highest BCUT2D eigenvalue weighted by molar-refractivity contribution is 8.00. The molecular formula is C13H16N2O3S. The Morgan fingerprint density at radius 3 is 2.74 bits per heavy atom. The molecule has 0 bridgehead atoms. The van der Waals surface area contributed by atoms with Crippen molar-refractivity contribution in [2.75, 3.05) is 5.75 Å². The molecule has 1 aromatic heterocycles. The van der Waals surface area contributed by atoms with Crippen molar-refractivity contribution in [1.29, 1.82) is 0 Å². The van der Waals surface area contributed by atoms with Crippen LogP contribution in [0.1, 0.15) is 31.1 Å². The molecule has 0 saturated carbocycles. The second kappa shape index (κ2) is 5.13. The van der Waals surface area contributed by atoms with Gasteiger partial charge in [-0.05, 0) is 26.8 Å². The number of carbonyl (C=O) groups is 2. The van der Waals surface area contributed by atoms with E-state index in [1.54, 1.807) is 19.2 Å². The van der Waals surface area contributed by atoms with Crippen molar-refractivity contribution >= 4 is 29.3 Å². The van der Waals surface area contributed by atoms with Crippen LogP contribution in [0.25, 0.3) is 5.70 Å². The number of amides is 1. The molecule has 1 aromatic rings. The number of primary amides is 1. The first-order valence-corrected chi connectivity index (χ1v) is 6.95. The maximum atomic E-state index is 11.9. The molecule has 6 heteroatoms. The molecule has 1 aliphatic rings. The molecule has 0 radical (unpaired) electrons. The number of carbonyl (C=O) groups excluding carboxylic acids is 2. The Morgan fingerprint density at radius 2 is 2.16 bits per heavy atom. The van der Waals surface area contributed by atoms with Gasteiger partial charge in [-0.15, -0.1) is 11.8 Å². The van der Waals surface area contributed by atoms with Crippen LogP contribution >= 0.6 is 11.8 Å². The van der Waals surface area contributed by atoms with Crippen molar-refractivity contribution in [2.24, 2.45) is 5.73 Å². The van der Waals surface area contributed by atoms with Crippen LogP contribution in [0.5, 0.6) is 0 Å². The van der Waals surface area contributed by atoms with E-state index in [0.29, 0.717) is 16.9 Å². The molecule has 0 fully saturated rings. The summed E-state index contributed by atoms with van der Waals surface area (Å²) < 4.78 is 7.02. The Morgan fingerprint density at radius 1 is 1.47 bits per heavy atom. The molecule has 0 saturated heterocycles. The molecule has 0 spiro atoms. The van der Waals surface area contributed by atoms with Crippen molar-refractivity contribution < 1.29 is 14.3 Å². The number of aromatic nitrogens is 1. The zero-order valence-corrected chi connectivity index (χ0v) is 11.9. The highest BCUT2D eigenvalue weighted by Crippen LogP contribution is 2.37. The lowest BCUT2D eigenvalue weighted by atomic mass is 10.2. The fraction of sp³-hybridized carbons (Fsp3) is 0.385. The summed E-state index contributed by atoms with van der Waals surface area (Å²) in [5.41, 5.74) is 7.18. The SMILES string of the molecule is CC(C(N)=O)=C1CSc2c(C(=O)OC(C)C)ccn21. The zero-order chi connectivity index (χ0) is 14.2. The number of fused-ring (bicyclic) bond motifs is 1. The zero-order valence-electron chi connectivity index (χ0n) is 11.1. The number of hydrogen-bond donors (Lipinski definition) is 1. The quantitative estimate of drug-likeness (QED) is 0.677. The molecule has 0 unspecified atom stereocenters. The maximum Gasteiger partial charge on any atom is 0.341 e. The minimum atomic E-state index is -0.441. The van der Waals surface area contributed by atoms with Crippen molar-refractivity contribution in [2.45, 2.75) is 31.9 Å². The molecular weight excluding hydrogens is 264 g/mol. The number of ether oxygens (including phenoxy) is 1. The molecule has 1 aliphatic heterocycles. The first kappa shape index (κ1) is 13.7. The highest BCUT2D eigenvalue weighted by atomic mass is 32.2. The molecule has 19 heavy (non-hydrogen) atoms. The van der Waals surface area contributed by atoms with Crippen molar-refractivity contribution in [3.05, 3.63) is 23.4 Å². The minimum Gasteiger partial charge on any atom is -0.459 e. The molecule has 1 amide bonds. The summed E-state index contributed by atoms with van der Waals surface area (Å²) >= 11 is 1.51. The van der Waals surface area contributed by atoms with Crippen molar-refractivity contribution in [3.8, 4) is 0 Å². The Hall–Kier alpha value is -1.69. The lowest BCUT2D eigenvalue weighted by Crippen LogP contribution is -2.15. The average Bonchev–Trinajstić information content (AvgIpc) is 2.86. The Kier molecular flexibility index (Phi) is 3.71. The highest BCUT2D eigenvalue weighted by Gasteiger charge is 2.26. The van der Waals surface area contributed by atoms with E-state index in [1.165, 1.54) is 11.8 Å². The van der Waals surface area contributed by atoms with Crippen LogP contribution in [0.4, 0.5) is 0 Å². The van der Waals surface area contributed by atoms with E-state index >= 15 is 0 Å². The van der Waals surface area contributed by atoms with Gasteiger partial charge in [0, 0.05) is 23.2 Å². The lowest BCUT2D eigenvalue weighted by molar-refractivity contribution is -0.114. The number of nitrogens with zero attached hydrogens (tertiary/aromatic N) is 1. The first-order valence-electron chi connectivity index (χ1n) is 5.97. The topological polar surface area (TPSA) is 74.3 Å². The van der Waals surface area contributed by atoms with Gasteiger partial charge in [-0.1, -0.05) is 0 Å². The smallest absolute Gasteiger partial charge is 0.341 e. The lowest BCUT2D eigenvalue weighted by Gasteiger charge is -2.07. The molecule has 2 rings (SSSR count). The van der Waals surface area contributed by atoms with Crippen LogP contribution in [0.3, 0.4) is 0 Å². The van der Waals surface area contributed by atoms with E-state index in [-0.39, 0.29) is 12.1 Å². The number of thioether (sulfide) groups is 1. The predicted octanol–water partition coefficient (Wildman–Crippen LogP) is 1.88. The summed E-state index contributed by atoms with van der Waals surface area (Å²) in [6, 6.07) is 1.71. The van der Waals surface area contributed by atoms with Gasteiger partial charge in [-0.2, -0.15) is 0 Å². The number of esters is 1. The minimum absolute atomic E-state index is 0.156. The van der Waals surface area contributed by atoms with Crippen LogP contribution in [0, 0.1) is 0 Å². The molecule has 5 nitrogen and oxygen atoms in total. The van der Waals surface area contributed by atoms with Crippen LogP contribution < -0.4 is 5.73 Å². The summed E-state index contributed by atoms with van der Waals surface area (Å²) in [4.78, 5) is 23.2. The first-order chi connectivity index (χ1) is 8.91. The van der Waals surface area contributed by atoms with Gasteiger partial charge in [-0.25, -0.2) is 4.79 Å². The van der Waals surface area contributed by atoms with Gasteiger partial charge in [0.2, 0.25) is 5.91 Å². The monoisotopic (exact) mass is 280 g/mol. The van der Waals surface area contributed by atoms with E-state index in [2.05, 4.69) is 0 Å². The van der Waals surface area contributed by atoms with Gasteiger partial charge in [0.1, 0.15) is 0 Å². The van der Waals surface area contributed by atoms with Crippen LogP contribution in [-0.2, 0) is 9.53 Å². The van der Waals surface area contributed by atoms with Crippen molar-refractivity contribution in [3.63, 3.8) is 0 Å². The van der Waals surface area contributed by atoms with E-state index in [0.717, 1.165) is 10.7 Å². The third kappa shape index (κ3) is 2.53. The molecule has 0 atom stereocenters. The summed E-state index contributed by atoms with van der Waals surface area (Å²) in [5, 5.41) is 0.807. The third-order valence-corrected chi connectivity index (χ3v) is 3.95. The standard InChI is InChI=1S/C13H16N2O3S/c1-7(2)18-13(17)9-4-5-15-10(6-19-12(9)15)8(3)11(14)16/h4-5,7H,6H2,1-3H3,(H2,14,16). The van der Waals surface area contributed by atoms with Gasteiger partial charge in [0.15, 0.2) is 0 Å². The van der Waals surface area contributed by atoms with E-state index < -0.39 is 5.91 Å². The average molecular weight is 280 g/mol. The van der Waals surface area contributed by atoms with E-state index in [4.69, 9.17) is 10.5 Å². The Bertz CT molecular complexity index is 572. The normalized spacial score (nSPS) is 16.4. The second-order valence-corrected chi connectivity index (χ2v) is 5.55. The van der Waals surface area contributed by atoms with E-state index in [9.17, 15) is 9.59 Å². The van der Waals surface area contributed by atoms with Crippen LogP contribution in [0.15, 0.2) is 22.9 Å². The summed E-state index contributed by atoms with van der Waals surface area (Å²) in [5.74, 6) is -0.148. The fourth-order valence-electron chi connectivity index (χ4n) is 1.85. The van der Waals surface area contributed by atoms with Gasteiger partial charge in [-0.3, -0.25) is 4.79 Å². The van der Waals surface area contributed by atoms with E-state index in [1.807, 2.05) is 18.4 Å². The number of hydrogen-bond acceptors (Lipinski definition) is 4. The second-order valence-electron chi connectivity index (χ2n) is 4.58. The van der Waals surface area contributed by atoms with Gasteiger partial charge in [0.05, 0.1) is 16.7 Å². The molecule has 0 aromatic carbocycles. The summed E-state index contributed by atoms with van der Waals surface area (Å²) in [7, 11) is 0. The predicted molar refractivity (Wildman–Crippen MR) is 73.8 cm³/mol. The third-order valence-electron chi connectivity index (χ3n) is 2.84. The molecule has 2 N–H and O–H groups in total. The van der Waals surface area contributed by atoms with Crippen molar-refractivity contribution in [1.82, 2.24) is 4.57 Å². The molecule has 102 valence electrons. The fourth-order valence-corrected chi connectivity index (χ4v) is 3.09. The molecule has 2 heterocycles. The van der Waals surface area contributed by atoms with Gasteiger partial charge < -0.3 is 15.0 Å². The number of rotatable bonds is 3. The van der Waals surface area contributed by atoms with Crippen LogP contribution in [-0.4, -0.2) is 28.3 Å². The Balaban J connectivity index is 2.37.